The summed E-state index contributed by atoms with van der Waals surface area (Å²) in [6.45, 7) is 6.40. The maximum atomic E-state index is 14.4. The first kappa shape index (κ1) is 23.6. The molecule has 1 atom stereocenters. The minimum atomic E-state index is -0.463. The SMILES string of the molecule is Cc1ccc(C(=O)Nc2cc(F)cc(CN3CCN(C(=O)C4CCCC4)[C@@H](C)C3)c2Cl)cn1. The lowest BCUT2D eigenvalue weighted by Gasteiger charge is -2.41. The van der Waals surface area contributed by atoms with Gasteiger partial charge in [-0.15, -0.1) is 0 Å². The number of amides is 2. The number of hydrogen-bond acceptors (Lipinski definition) is 4. The van der Waals surface area contributed by atoms with E-state index in [2.05, 4.69) is 22.1 Å². The molecule has 0 spiro atoms. The summed E-state index contributed by atoms with van der Waals surface area (Å²) < 4.78 is 14.4. The average molecular weight is 473 g/mol. The summed E-state index contributed by atoms with van der Waals surface area (Å²) >= 11 is 6.57. The van der Waals surface area contributed by atoms with Gasteiger partial charge in [-0.1, -0.05) is 24.4 Å². The fourth-order valence-electron chi connectivity index (χ4n) is 4.80. The Morgan fingerprint density at radius 1 is 1.21 bits per heavy atom. The van der Waals surface area contributed by atoms with E-state index in [0.29, 0.717) is 42.3 Å². The first-order chi connectivity index (χ1) is 15.8. The second-order valence-electron chi connectivity index (χ2n) is 9.17. The molecule has 1 N–H and O–H groups in total. The molecule has 33 heavy (non-hydrogen) atoms. The van der Waals surface area contributed by atoms with Crippen LogP contribution in [0.5, 0.6) is 0 Å². The fraction of sp³-hybridized carbons (Fsp3) is 0.480. The van der Waals surface area contributed by atoms with Crippen LogP contribution >= 0.6 is 11.6 Å². The predicted octanol–water partition coefficient (Wildman–Crippen LogP) is 4.66. The van der Waals surface area contributed by atoms with Gasteiger partial charge in [-0.2, -0.15) is 0 Å². The molecule has 4 rings (SSSR count). The highest BCUT2D eigenvalue weighted by Gasteiger charge is 2.33. The maximum Gasteiger partial charge on any atom is 0.257 e. The lowest BCUT2D eigenvalue weighted by Crippen LogP contribution is -2.54. The van der Waals surface area contributed by atoms with Gasteiger partial charge in [0.2, 0.25) is 5.91 Å². The van der Waals surface area contributed by atoms with E-state index in [1.165, 1.54) is 18.3 Å². The number of benzene rings is 1. The molecule has 1 saturated heterocycles. The van der Waals surface area contributed by atoms with Crippen LogP contribution in [0.15, 0.2) is 30.5 Å². The molecule has 1 aromatic heterocycles. The summed E-state index contributed by atoms with van der Waals surface area (Å²) in [4.78, 5) is 33.7. The van der Waals surface area contributed by atoms with Gasteiger partial charge in [-0.3, -0.25) is 19.5 Å². The summed E-state index contributed by atoms with van der Waals surface area (Å²) in [6, 6.07) is 6.14. The topological polar surface area (TPSA) is 65.5 Å². The highest BCUT2D eigenvalue weighted by Crippen LogP contribution is 2.31. The van der Waals surface area contributed by atoms with E-state index in [0.717, 1.165) is 31.4 Å². The zero-order valence-corrected chi connectivity index (χ0v) is 19.9. The van der Waals surface area contributed by atoms with E-state index < -0.39 is 11.7 Å². The number of aromatic nitrogens is 1. The first-order valence-corrected chi connectivity index (χ1v) is 11.9. The monoisotopic (exact) mass is 472 g/mol. The quantitative estimate of drug-likeness (QED) is 0.687. The molecule has 2 aliphatic rings. The van der Waals surface area contributed by atoms with Crippen molar-refractivity contribution in [2.75, 3.05) is 25.0 Å². The summed E-state index contributed by atoms with van der Waals surface area (Å²) in [6.07, 6.45) is 5.76. The van der Waals surface area contributed by atoms with Crippen molar-refractivity contribution in [3.8, 4) is 0 Å². The van der Waals surface area contributed by atoms with Crippen LogP contribution in [0.4, 0.5) is 10.1 Å². The number of carbonyl (C=O) groups is 2. The van der Waals surface area contributed by atoms with Crippen LogP contribution in [0.25, 0.3) is 0 Å². The summed E-state index contributed by atoms with van der Waals surface area (Å²) in [5.74, 6) is -0.408. The fourth-order valence-corrected chi connectivity index (χ4v) is 5.02. The van der Waals surface area contributed by atoms with Gasteiger partial charge in [-0.25, -0.2) is 4.39 Å². The zero-order chi connectivity index (χ0) is 23.5. The van der Waals surface area contributed by atoms with Gasteiger partial charge >= 0.3 is 0 Å². The number of anilines is 1. The zero-order valence-electron chi connectivity index (χ0n) is 19.1. The normalized spacial score (nSPS) is 19.6. The second-order valence-corrected chi connectivity index (χ2v) is 9.54. The Morgan fingerprint density at radius 3 is 2.64 bits per heavy atom. The predicted molar refractivity (Wildman–Crippen MR) is 127 cm³/mol. The summed E-state index contributed by atoms with van der Waals surface area (Å²) in [7, 11) is 0. The number of carbonyl (C=O) groups excluding carboxylic acids is 2. The summed E-state index contributed by atoms with van der Waals surface area (Å²) in [5, 5.41) is 3.03. The number of aryl methyl sites for hydroxylation is 1. The van der Waals surface area contributed by atoms with Crippen LogP contribution in [-0.4, -0.2) is 52.3 Å². The van der Waals surface area contributed by atoms with Crippen LogP contribution < -0.4 is 5.32 Å². The molecule has 2 heterocycles. The molecule has 0 bridgehead atoms. The van der Waals surface area contributed by atoms with Gasteiger partial charge in [0.1, 0.15) is 5.82 Å². The van der Waals surface area contributed by atoms with Crippen molar-refractivity contribution in [3.05, 3.63) is 58.1 Å². The lowest BCUT2D eigenvalue weighted by atomic mass is 10.0. The largest absolute Gasteiger partial charge is 0.337 e. The van der Waals surface area contributed by atoms with E-state index >= 15 is 0 Å². The third-order valence-electron chi connectivity index (χ3n) is 6.63. The molecule has 0 radical (unpaired) electrons. The van der Waals surface area contributed by atoms with Crippen LogP contribution in [0.2, 0.25) is 5.02 Å². The molecule has 2 fully saturated rings. The van der Waals surface area contributed by atoms with Crippen molar-refractivity contribution in [1.82, 2.24) is 14.8 Å². The van der Waals surface area contributed by atoms with Gasteiger partial charge in [0.15, 0.2) is 0 Å². The van der Waals surface area contributed by atoms with E-state index in [9.17, 15) is 14.0 Å². The van der Waals surface area contributed by atoms with Crippen molar-refractivity contribution >= 4 is 29.1 Å². The molecule has 2 amide bonds. The molecule has 1 aliphatic carbocycles. The Morgan fingerprint density at radius 2 is 1.97 bits per heavy atom. The third-order valence-corrected chi connectivity index (χ3v) is 7.07. The number of nitrogens with zero attached hydrogens (tertiary/aromatic N) is 3. The molecule has 8 heteroatoms. The Balaban J connectivity index is 1.42. The Bertz CT molecular complexity index is 1020. The van der Waals surface area contributed by atoms with Gasteiger partial charge in [0, 0.05) is 50.0 Å². The molecular weight excluding hydrogens is 443 g/mol. The van der Waals surface area contributed by atoms with E-state index in [1.807, 2.05) is 11.8 Å². The maximum absolute atomic E-state index is 14.4. The number of pyridine rings is 1. The molecule has 0 unspecified atom stereocenters. The molecular formula is C25H30ClFN4O2. The molecule has 2 aromatic rings. The first-order valence-electron chi connectivity index (χ1n) is 11.6. The molecule has 176 valence electrons. The van der Waals surface area contributed by atoms with E-state index in [1.54, 1.807) is 12.1 Å². The number of nitrogens with one attached hydrogen (secondary N) is 1. The number of piperazine rings is 1. The van der Waals surface area contributed by atoms with Crippen LogP contribution in [0.3, 0.4) is 0 Å². The number of hydrogen-bond donors (Lipinski definition) is 1. The smallest absolute Gasteiger partial charge is 0.257 e. The van der Waals surface area contributed by atoms with Crippen molar-refractivity contribution in [2.45, 2.75) is 52.1 Å². The Labute approximate surface area is 199 Å². The van der Waals surface area contributed by atoms with Crippen LogP contribution in [-0.2, 0) is 11.3 Å². The molecule has 1 aromatic carbocycles. The third kappa shape index (κ3) is 5.53. The lowest BCUT2D eigenvalue weighted by molar-refractivity contribution is -0.140. The van der Waals surface area contributed by atoms with Crippen molar-refractivity contribution in [2.24, 2.45) is 5.92 Å². The standard InChI is InChI=1S/C25H30ClFN4O2/c1-16-7-8-19(13-28-16)24(32)29-22-12-21(27)11-20(23(22)26)15-30-9-10-31(17(2)14-30)25(33)18-5-3-4-6-18/h7-8,11-13,17-18H,3-6,9-10,14-15H2,1-2H3,(H,29,32)/t17-/m0/s1. The van der Waals surface area contributed by atoms with E-state index in [4.69, 9.17) is 11.6 Å². The number of halogens is 2. The van der Waals surface area contributed by atoms with Crippen molar-refractivity contribution < 1.29 is 14.0 Å². The van der Waals surface area contributed by atoms with Gasteiger partial charge < -0.3 is 10.2 Å². The minimum absolute atomic E-state index is 0.0902. The van der Waals surface area contributed by atoms with Crippen LogP contribution in [0.1, 0.15) is 54.2 Å². The van der Waals surface area contributed by atoms with Gasteiger partial charge in [-0.05, 0) is 56.5 Å². The van der Waals surface area contributed by atoms with Crippen molar-refractivity contribution in [3.63, 3.8) is 0 Å². The molecule has 1 aliphatic heterocycles. The molecule has 6 nitrogen and oxygen atoms in total. The Kier molecular flexibility index (Phi) is 7.29. The summed E-state index contributed by atoms with van der Waals surface area (Å²) in [5.41, 5.74) is 2.02. The van der Waals surface area contributed by atoms with Crippen LogP contribution in [0, 0.1) is 18.7 Å². The molecule has 1 saturated carbocycles. The second kappa shape index (κ2) is 10.2. The van der Waals surface area contributed by atoms with Crippen molar-refractivity contribution in [1.29, 1.82) is 0 Å². The highest BCUT2D eigenvalue weighted by molar-refractivity contribution is 6.34. The average Bonchev–Trinajstić information content (AvgIpc) is 3.32. The van der Waals surface area contributed by atoms with E-state index in [-0.39, 0.29) is 23.6 Å². The number of rotatable bonds is 5. The van der Waals surface area contributed by atoms with Gasteiger partial charge in [0.25, 0.3) is 5.91 Å². The van der Waals surface area contributed by atoms with Gasteiger partial charge in [0.05, 0.1) is 16.3 Å². The minimum Gasteiger partial charge on any atom is -0.337 e. The highest BCUT2D eigenvalue weighted by atomic mass is 35.5. The Hall–Kier alpha value is -2.51.